The Hall–Kier alpha value is -3.16. The maximum Gasteiger partial charge on any atom is 0.332 e. The third kappa shape index (κ3) is 1.93. The topological polar surface area (TPSA) is 116 Å². The molecule has 0 radical (unpaired) electrons. The number of methoxy groups -OCH3 is 1. The molecule has 2 aromatic heterocycles. The van der Waals surface area contributed by atoms with Crippen LogP contribution in [0.4, 0.5) is 0 Å². The van der Waals surface area contributed by atoms with Gasteiger partial charge in [0.2, 0.25) is 0 Å². The first-order valence-corrected chi connectivity index (χ1v) is 6.02. The van der Waals surface area contributed by atoms with Crippen LogP contribution in [0.15, 0.2) is 35.4 Å². The Morgan fingerprint density at radius 2 is 2.10 bits per heavy atom. The summed E-state index contributed by atoms with van der Waals surface area (Å²) in [4.78, 5) is 34.0. The molecule has 3 N–H and O–H groups in total. The number of primary amides is 1. The molecule has 0 fully saturated rings. The molecule has 106 valence electrons. The fourth-order valence-electron chi connectivity index (χ4n) is 2.14. The van der Waals surface area contributed by atoms with Gasteiger partial charge < -0.3 is 15.5 Å². The molecule has 0 aliphatic heterocycles. The highest BCUT2D eigenvalue weighted by Gasteiger charge is 2.18. The Morgan fingerprint density at radius 1 is 1.33 bits per heavy atom. The summed E-state index contributed by atoms with van der Waals surface area (Å²) in [6, 6.07) is 6.97. The lowest BCUT2D eigenvalue weighted by atomic mass is 10.3. The molecule has 1 amide bonds. The van der Waals surface area contributed by atoms with E-state index in [0.29, 0.717) is 11.4 Å². The highest BCUT2D eigenvalue weighted by Crippen LogP contribution is 2.23. The lowest BCUT2D eigenvalue weighted by Crippen LogP contribution is -2.15. The monoisotopic (exact) mass is 285 g/mol. The standard InChI is InChI=1S/C13H11N5O3/c1-21-8-5-3-2-4-7(8)18-12-10(17-13(18)20)9(11(14)19)15-6-16-12/h2-6H,1H3,(H2,14,19)(H,17,20). The van der Waals surface area contributed by atoms with Crippen molar-refractivity contribution in [2.45, 2.75) is 0 Å². The van der Waals surface area contributed by atoms with Crippen LogP contribution in [0.2, 0.25) is 0 Å². The summed E-state index contributed by atoms with van der Waals surface area (Å²) in [7, 11) is 1.50. The van der Waals surface area contributed by atoms with E-state index in [4.69, 9.17) is 10.5 Å². The van der Waals surface area contributed by atoms with Crippen LogP contribution < -0.4 is 16.2 Å². The Balaban J connectivity index is 2.39. The number of carbonyl (C=O) groups excluding carboxylic acids is 1. The summed E-state index contributed by atoms with van der Waals surface area (Å²) in [6.07, 6.45) is 1.18. The van der Waals surface area contributed by atoms with Crippen LogP contribution in [0.5, 0.6) is 5.75 Å². The first-order chi connectivity index (χ1) is 10.1. The molecule has 0 saturated heterocycles. The highest BCUT2D eigenvalue weighted by atomic mass is 16.5. The predicted molar refractivity (Wildman–Crippen MR) is 74.6 cm³/mol. The lowest BCUT2D eigenvalue weighted by molar-refractivity contribution is 0.0997. The van der Waals surface area contributed by atoms with Crippen LogP contribution in [0, 0.1) is 0 Å². The van der Waals surface area contributed by atoms with Crippen LogP contribution in [-0.4, -0.2) is 32.5 Å². The number of fused-ring (bicyclic) bond motifs is 1. The third-order valence-electron chi connectivity index (χ3n) is 3.03. The molecule has 0 bridgehead atoms. The number of nitrogens with one attached hydrogen (secondary N) is 1. The minimum Gasteiger partial charge on any atom is -0.495 e. The van der Waals surface area contributed by atoms with Gasteiger partial charge in [-0.25, -0.2) is 19.3 Å². The van der Waals surface area contributed by atoms with Crippen molar-refractivity contribution in [3.8, 4) is 11.4 Å². The molecular formula is C13H11N5O3. The van der Waals surface area contributed by atoms with Gasteiger partial charge in [-0.1, -0.05) is 12.1 Å². The van der Waals surface area contributed by atoms with E-state index in [2.05, 4.69) is 15.0 Å². The summed E-state index contributed by atoms with van der Waals surface area (Å²) in [5.41, 5.74) is 5.71. The van der Waals surface area contributed by atoms with Crippen LogP contribution in [-0.2, 0) is 0 Å². The Kier molecular flexibility index (Phi) is 2.90. The minimum atomic E-state index is -0.740. The third-order valence-corrected chi connectivity index (χ3v) is 3.03. The van der Waals surface area contributed by atoms with Gasteiger partial charge in [-0.2, -0.15) is 0 Å². The lowest BCUT2D eigenvalue weighted by Gasteiger charge is -2.08. The number of nitrogens with zero attached hydrogens (tertiary/aromatic N) is 3. The van der Waals surface area contributed by atoms with Crippen molar-refractivity contribution in [2.75, 3.05) is 7.11 Å². The van der Waals surface area contributed by atoms with Crippen LogP contribution in [0.3, 0.4) is 0 Å². The first-order valence-electron chi connectivity index (χ1n) is 6.02. The van der Waals surface area contributed by atoms with E-state index in [1.807, 2.05) is 0 Å². The summed E-state index contributed by atoms with van der Waals surface area (Å²) in [5, 5.41) is 0. The first kappa shape index (κ1) is 12.9. The maximum absolute atomic E-state index is 12.2. The molecule has 8 heteroatoms. The van der Waals surface area contributed by atoms with E-state index in [9.17, 15) is 9.59 Å². The number of hydrogen-bond acceptors (Lipinski definition) is 5. The van der Waals surface area contributed by atoms with E-state index in [1.54, 1.807) is 24.3 Å². The normalized spacial score (nSPS) is 10.7. The molecule has 0 saturated carbocycles. The van der Waals surface area contributed by atoms with Crippen LogP contribution >= 0.6 is 0 Å². The van der Waals surface area contributed by atoms with E-state index < -0.39 is 11.6 Å². The van der Waals surface area contributed by atoms with Gasteiger partial charge in [0.15, 0.2) is 11.3 Å². The van der Waals surface area contributed by atoms with Gasteiger partial charge in [0.1, 0.15) is 17.6 Å². The van der Waals surface area contributed by atoms with Crippen molar-refractivity contribution >= 4 is 17.1 Å². The van der Waals surface area contributed by atoms with Crippen molar-refractivity contribution in [3.05, 3.63) is 46.8 Å². The quantitative estimate of drug-likeness (QED) is 0.714. The molecule has 8 nitrogen and oxygen atoms in total. The fourth-order valence-corrected chi connectivity index (χ4v) is 2.14. The van der Waals surface area contributed by atoms with Crippen molar-refractivity contribution in [1.29, 1.82) is 0 Å². The zero-order valence-corrected chi connectivity index (χ0v) is 11.0. The second kappa shape index (κ2) is 4.75. The number of aromatic nitrogens is 4. The Morgan fingerprint density at radius 3 is 2.81 bits per heavy atom. The van der Waals surface area contributed by atoms with E-state index in [1.165, 1.54) is 18.0 Å². The number of rotatable bonds is 3. The molecule has 0 aliphatic carbocycles. The average Bonchev–Trinajstić information content (AvgIpc) is 2.82. The molecule has 2 heterocycles. The number of nitrogens with two attached hydrogens (primary N) is 1. The van der Waals surface area contributed by atoms with Gasteiger partial charge in [0, 0.05) is 0 Å². The predicted octanol–water partition coefficient (Wildman–Crippen LogP) is 0.216. The zero-order chi connectivity index (χ0) is 15.0. The van der Waals surface area contributed by atoms with Gasteiger partial charge >= 0.3 is 5.69 Å². The van der Waals surface area contributed by atoms with Crippen LogP contribution in [0.25, 0.3) is 16.9 Å². The Labute approximate surface area is 118 Å². The average molecular weight is 285 g/mol. The van der Waals surface area contributed by atoms with Crippen LogP contribution in [0.1, 0.15) is 10.5 Å². The summed E-state index contributed by atoms with van der Waals surface area (Å²) in [6.45, 7) is 0. The van der Waals surface area contributed by atoms with Crippen molar-refractivity contribution in [3.63, 3.8) is 0 Å². The van der Waals surface area contributed by atoms with Crippen molar-refractivity contribution in [2.24, 2.45) is 5.73 Å². The van der Waals surface area contributed by atoms with Crippen molar-refractivity contribution in [1.82, 2.24) is 19.5 Å². The summed E-state index contributed by atoms with van der Waals surface area (Å²) < 4.78 is 6.55. The number of benzene rings is 1. The maximum atomic E-state index is 12.2. The number of carbonyl (C=O) groups is 1. The number of H-pyrrole nitrogens is 1. The second-order valence-electron chi connectivity index (χ2n) is 4.22. The molecule has 0 aliphatic rings. The van der Waals surface area contributed by atoms with E-state index in [-0.39, 0.29) is 16.9 Å². The summed E-state index contributed by atoms with van der Waals surface area (Å²) in [5.74, 6) is -0.240. The van der Waals surface area contributed by atoms with E-state index in [0.717, 1.165) is 0 Å². The molecule has 0 spiro atoms. The molecule has 21 heavy (non-hydrogen) atoms. The van der Waals surface area contributed by atoms with Gasteiger partial charge in [-0.3, -0.25) is 4.79 Å². The van der Waals surface area contributed by atoms with Gasteiger partial charge in [-0.05, 0) is 12.1 Å². The highest BCUT2D eigenvalue weighted by molar-refractivity contribution is 6.01. The van der Waals surface area contributed by atoms with Gasteiger partial charge in [-0.15, -0.1) is 0 Å². The Bertz CT molecular complexity index is 896. The molecule has 0 unspecified atom stereocenters. The number of para-hydroxylation sites is 2. The van der Waals surface area contributed by atoms with Gasteiger partial charge in [0.25, 0.3) is 5.91 Å². The number of ether oxygens (including phenoxy) is 1. The zero-order valence-electron chi connectivity index (χ0n) is 11.0. The van der Waals surface area contributed by atoms with Crippen molar-refractivity contribution < 1.29 is 9.53 Å². The molecule has 3 aromatic rings. The number of aromatic amines is 1. The molecule has 3 rings (SSSR count). The molecule has 0 atom stereocenters. The number of hydrogen-bond donors (Lipinski definition) is 2. The SMILES string of the molecule is COc1ccccc1-n1c(=O)[nH]c2c(C(N)=O)ncnc21. The molecular weight excluding hydrogens is 274 g/mol. The van der Waals surface area contributed by atoms with Gasteiger partial charge in [0.05, 0.1) is 12.8 Å². The minimum absolute atomic E-state index is 0.0363. The summed E-state index contributed by atoms with van der Waals surface area (Å²) >= 11 is 0. The largest absolute Gasteiger partial charge is 0.495 e. The smallest absolute Gasteiger partial charge is 0.332 e. The van der Waals surface area contributed by atoms with E-state index >= 15 is 0 Å². The second-order valence-corrected chi connectivity index (χ2v) is 4.22. The molecule has 1 aromatic carbocycles. The number of amides is 1. The fraction of sp³-hybridized carbons (Fsp3) is 0.0769. The number of imidazole rings is 1.